The SMILES string of the molecule is NC(CO)(CO)CCc1ccc(-c2ccc(Sc3cccc(F)c3)cc2F)cc1. The first-order valence-electron chi connectivity index (χ1n) is 9.25. The third kappa shape index (κ3) is 5.64. The van der Waals surface area contributed by atoms with Crippen LogP contribution in [0.1, 0.15) is 12.0 Å². The molecule has 0 saturated heterocycles. The first kappa shape index (κ1) is 21.5. The molecule has 0 aromatic heterocycles. The minimum Gasteiger partial charge on any atom is -0.394 e. The van der Waals surface area contributed by atoms with Crippen molar-refractivity contribution in [1.82, 2.24) is 0 Å². The molecule has 4 N–H and O–H groups in total. The zero-order valence-corrected chi connectivity index (χ0v) is 16.6. The highest BCUT2D eigenvalue weighted by Crippen LogP contribution is 2.32. The summed E-state index contributed by atoms with van der Waals surface area (Å²) >= 11 is 1.30. The summed E-state index contributed by atoms with van der Waals surface area (Å²) in [6, 6.07) is 18.6. The van der Waals surface area contributed by atoms with E-state index in [1.165, 1.54) is 30.0 Å². The second-order valence-electron chi connectivity index (χ2n) is 7.08. The van der Waals surface area contributed by atoms with E-state index in [2.05, 4.69) is 0 Å². The number of aliphatic hydroxyl groups is 2. The molecule has 6 heteroatoms. The van der Waals surface area contributed by atoms with Gasteiger partial charge in [-0.15, -0.1) is 0 Å². The van der Waals surface area contributed by atoms with E-state index in [9.17, 15) is 19.0 Å². The molecule has 0 unspecified atom stereocenters. The van der Waals surface area contributed by atoms with Crippen LogP contribution >= 0.6 is 11.8 Å². The Morgan fingerprint density at radius 3 is 2.17 bits per heavy atom. The fourth-order valence-corrected chi connectivity index (χ4v) is 3.80. The molecule has 0 atom stereocenters. The van der Waals surface area contributed by atoms with Crippen molar-refractivity contribution in [2.24, 2.45) is 5.73 Å². The molecule has 0 heterocycles. The van der Waals surface area contributed by atoms with Gasteiger partial charge in [-0.25, -0.2) is 8.78 Å². The zero-order chi connectivity index (χ0) is 20.9. The van der Waals surface area contributed by atoms with E-state index in [0.29, 0.717) is 28.2 Å². The van der Waals surface area contributed by atoms with Crippen molar-refractivity contribution in [1.29, 1.82) is 0 Å². The van der Waals surface area contributed by atoms with Crippen LogP contribution in [-0.4, -0.2) is 29.0 Å². The van der Waals surface area contributed by atoms with Crippen molar-refractivity contribution in [3.63, 3.8) is 0 Å². The third-order valence-corrected chi connectivity index (χ3v) is 5.76. The molecule has 152 valence electrons. The Hall–Kier alpha value is -2.25. The van der Waals surface area contributed by atoms with Crippen molar-refractivity contribution >= 4 is 11.8 Å². The topological polar surface area (TPSA) is 66.5 Å². The number of benzene rings is 3. The quantitative estimate of drug-likeness (QED) is 0.510. The molecule has 0 amide bonds. The van der Waals surface area contributed by atoms with Crippen molar-refractivity contribution in [3.8, 4) is 11.1 Å². The molecule has 0 radical (unpaired) electrons. The van der Waals surface area contributed by atoms with E-state index in [-0.39, 0.29) is 24.8 Å². The molecule has 0 bridgehead atoms. The van der Waals surface area contributed by atoms with Gasteiger partial charge in [0.1, 0.15) is 11.6 Å². The van der Waals surface area contributed by atoms with Crippen LogP contribution < -0.4 is 5.73 Å². The number of halogens is 2. The van der Waals surface area contributed by atoms with Crippen molar-refractivity contribution in [2.45, 2.75) is 28.2 Å². The minimum atomic E-state index is -1.00. The van der Waals surface area contributed by atoms with Gasteiger partial charge < -0.3 is 15.9 Å². The van der Waals surface area contributed by atoms with Crippen LogP contribution in [0.2, 0.25) is 0 Å². The Labute approximate surface area is 173 Å². The van der Waals surface area contributed by atoms with Gasteiger partial charge in [-0.3, -0.25) is 0 Å². The summed E-state index contributed by atoms with van der Waals surface area (Å²) in [6.45, 7) is -0.570. The van der Waals surface area contributed by atoms with E-state index in [1.807, 2.05) is 30.3 Å². The summed E-state index contributed by atoms with van der Waals surface area (Å²) in [5.41, 5.74) is 7.11. The first-order chi connectivity index (χ1) is 13.9. The lowest BCUT2D eigenvalue weighted by molar-refractivity contribution is 0.115. The van der Waals surface area contributed by atoms with Gasteiger partial charge in [0.25, 0.3) is 0 Å². The normalized spacial score (nSPS) is 11.6. The van der Waals surface area contributed by atoms with E-state index in [4.69, 9.17) is 5.73 Å². The molecule has 29 heavy (non-hydrogen) atoms. The Morgan fingerprint density at radius 2 is 1.55 bits per heavy atom. The third-order valence-electron chi connectivity index (χ3n) is 4.78. The molecule has 0 saturated carbocycles. The maximum absolute atomic E-state index is 14.7. The Balaban J connectivity index is 1.70. The number of aryl methyl sites for hydroxylation is 1. The van der Waals surface area contributed by atoms with Gasteiger partial charge in [0.05, 0.1) is 18.8 Å². The number of rotatable bonds is 8. The second-order valence-corrected chi connectivity index (χ2v) is 8.22. The van der Waals surface area contributed by atoms with Crippen LogP contribution in [0.5, 0.6) is 0 Å². The summed E-state index contributed by atoms with van der Waals surface area (Å²) in [4.78, 5) is 1.41. The Bertz CT molecular complexity index is 959. The highest BCUT2D eigenvalue weighted by Gasteiger charge is 2.22. The van der Waals surface area contributed by atoms with Crippen LogP contribution in [0.4, 0.5) is 8.78 Å². The van der Waals surface area contributed by atoms with Crippen LogP contribution in [-0.2, 0) is 6.42 Å². The van der Waals surface area contributed by atoms with Gasteiger partial charge in [0, 0.05) is 15.4 Å². The maximum Gasteiger partial charge on any atom is 0.132 e. The van der Waals surface area contributed by atoms with E-state index < -0.39 is 5.54 Å². The van der Waals surface area contributed by atoms with Crippen LogP contribution in [0.25, 0.3) is 11.1 Å². The Morgan fingerprint density at radius 1 is 0.862 bits per heavy atom. The molecule has 0 aliphatic rings. The monoisotopic (exact) mass is 415 g/mol. The molecule has 0 fully saturated rings. The second kappa shape index (κ2) is 9.50. The summed E-state index contributed by atoms with van der Waals surface area (Å²) in [5, 5.41) is 18.5. The van der Waals surface area contributed by atoms with Crippen molar-refractivity contribution < 1.29 is 19.0 Å². The van der Waals surface area contributed by atoms with E-state index >= 15 is 0 Å². The number of nitrogens with two attached hydrogens (primary N) is 1. The molecule has 0 aliphatic heterocycles. The van der Waals surface area contributed by atoms with Gasteiger partial charge in [0.15, 0.2) is 0 Å². The van der Waals surface area contributed by atoms with Crippen molar-refractivity contribution in [2.75, 3.05) is 13.2 Å². The lowest BCUT2D eigenvalue weighted by Gasteiger charge is -2.24. The average Bonchev–Trinajstić information content (AvgIpc) is 2.73. The zero-order valence-electron chi connectivity index (χ0n) is 15.8. The highest BCUT2D eigenvalue weighted by molar-refractivity contribution is 7.99. The summed E-state index contributed by atoms with van der Waals surface area (Å²) in [5.74, 6) is -0.669. The molecule has 0 aliphatic carbocycles. The fraction of sp³-hybridized carbons (Fsp3) is 0.217. The van der Waals surface area contributed by atoms with Crippen LogP contribution in [0.3, 0.4) is 0 Å². The molecule has 3 aromatic rings. The van der Waals surface area contributed by atoms with Crippen LogP contribution in [0, 0.1) is 11.6 Å². The maximum atomic E-state index is 14.7. The lowest BCUT2D eigenvalue weighted by Crippen LogP contribution is -2.47. The number of hydrogen-bond donors (Lipinski definition) is 3. The Kier molecular flexibility index (Phi) is 7.03. The van der Waals surface area contributed by atoms with Gasteiger partial charge in [0.2, 0.25) is 0 Å². The average molecular weight is 416 g/mol. The highest BCUT2D eigenvalue weighted by atomic mass is 32.2. The van der Waals surface area contributed by atoms with Gasteiger partial charge in [-0.1, -0.05) is 48.2 Å². The van der Waals surface area contributed by atoms with E-state index in [1.54, 1.807) is 18.2 Å². The summed E-state index contributed by atoms with van der Waals surface area (Å²) in [7, 11) is 0. The predicted octanol–water partition coefficient (Wildman–Crippen LogP) is 4.40. The van der Waals surface area contributed by atoms with Gasteiger partial charge >= 0.3 is 0 Å². The molecule has 3 aromatic carbocycles. The predicted molar refractivity (Wildman–Crippen MR) is 112 cm³/mol. The molecular weight excluding hydrogens is 392 g/mol. The van der Waals surface area contributed by atoms with Crippen molar-refractivity contribution in [3.05, 3.63) is 83.9 Å². The summed E-state index contributed by atoms with van der Waals surface area (Å²) in [6.07, 6.45) is 1.04. The minimum absolute atomic E-state index is 0.285. The van der Waals surface area contributed by atoms with Gasteiger partial charge in [-0.05, 0) is 54.3 Å². The van der Waals surface area contributed by atoms with Gasteiger partial charge in [-0.2, -0.15) is 0 Å². The summed E-state index contributed by atoms with van der Waals surface area (Å²) < 4.78 is 28.0. The standard InChI is InChI=1S/C23H23F2NO2S/c24-18-2-1-3-19(12-18)29-20-8-9-21(22(25)13-20)17-6-4-16(5-7-17)10-11-23(26,14-27)15-28/h1-9,12-13,27-28H,10-11,14-15,26H2. The molecule has 3 rings (SSSR count). The lowest BCUT2D eigenvalue weighted by atomic mass is 9.93. The fourth-order valence-electron chi connectivity index (χ4n) is 2.91. The first-order valence-corrected chi connectivity index (χ1v) is 10.1. The smallest absolute Gasteiger partial charge is 0.132 e. The molecule has 3 nitrogen and oxygen atoms in total. The van der Waals surface area contributed by atoms with Crippen LogP contribution in [0.15, 0.2) is 76.5 Å². The largest absolute Gasteiger partial charge is 0.394 e. The van der Waals surface area contributed by atoms with E-state index in [0.717, 1.165) is 11.1 Å². The molecular formula is C23H23F2NO2S. The number of aliphatic hydroxyl groups excluding tert-OH is 2. The number of hydrogen-bond acceptors (Lipinski definition) is 4. The molecule has 0 spiro atoms.